The fourth-order valence-electron chi connectivity index (χ4n) is 1.58. The van der Waals surface area contributed by atoms with E-state index in [9.17, 15) is 0 Å². The third-order valence-corrected chi connectivity index (χ3v) is 2.48. The molecule has 2 aromatic rings. The van der Waals surface area contributed by atoms with Crippen molar-refractivity contribution in [2.24, 2.45) is 0 Å². The van der Waals surface area contributed by atoms with Crippen LogP contribution in [-0.4, -0.2) is 0 Å². The second-order valence-corrected chi connectivity index (χ2v) is 3.65. The largest absolute Gasteiger partial charge is 0.399 e. The van der Waals surface area contributed by atoms with Crippen molar-refractivity contribution in [2.45, 2.75) is 6.42 Å². The lowest BCUT2D eigenvalue weighted by Gasteiger charge is -2.03. The van der Waals surface area contributed by atoms with Gasteiger partial charge in [0.25, 0.3) is 0 Å². The highest BCUT2D eigenvalue weighted by Gasteiger charge is 1.97. The standard InChI is InChI=1S/C14H12N2/c15-10-9-11-1-3-12(4-2-11)13-5-7-14(16)8-6-13/h1-8H,9,16H2. The maximum atomic E-state index is 8.57. The molecule has 2 heteroatoms. The van der Waals surface area contributed by atoms with E-state index >= 15 is 0 Å². The van der Waals surface area contributed by atoms with Gasteiger partial charge < -0.3 is 5.73 Å². The van der Waals surface area contributed by atoms with E-state index in [4.69, 9.17) is 11.0 Å². The lowest BCUT2D eigenvalue weighted by atomic mass is 10.0. The van der Waals surface area contributed by atoms with Crippen LogP contribution in [0.15, 0.2) is 48.5 Å². The van der Waals surface area contributed by atoms with E-state index in [0.29, 0.717) is 6.42 Å². The number of nitrogens with zero attached hydrogens (tertiary/aromatic N) is 1. The minimum absolute atomic E-state index is 0.460. The van der Waals surface area contributed by atoms with Crippen molar-refractivity contribution in [2.75, 3.05) is 5.73 Å². The average Bonchev–Trinajstić information content (AvgIpc) is 2.32. The molecule has 0 fully saturated rings. The molecule has 16 heavy (non-hydrogen) atoms. The van der Waals surface area contributed by atoms with Gasteiger partial charge in [0.1, 0.15) is 0 Å². The number of nitrogen functional groups attached to an aromatic ring is 1. The van der Waals surface area contributed by atoms with Crippen LogP contribution in [0.2, 0.25) is 0 Å². The summed E-state index contributed by atoms with van der Waals surface area (Å²) in [5, 5.41) is 8.57. The molecule has 0 aliphatic heterocycles. The van der Waals surface area contributed by atoms with Gasteiger partial charge in [-0.1, -0.05) is 36.4 Å². The topological polar surface area (TPSA) is 49.8 Å². The Morgan fingerprint density at radius 3 is 1.88 bits per heavy atom. The first-order valence-corrected chi connectivity index (χ1v) is 5.11. The normalized spacial score (nSPS) is 9.69. The Morgan fingerprint density at radius 2 is 1.38 bits per heavy atom. The van der Waals surface area contributed by atoms with Crippen molar-refractivity contribution in [3.8, 4) is 17.2 Å². The van der Waals surface area contributed by atoms with Crippen molar-refractivity contribution >= 4 is 5.69 Å². The number of rotatable bonds is 2. The van der Waals surface area contributed by atoms with Gasteiger partial charge in [-0.2, -0.15) is 5.26 Å². The summed E-state index contributed by atoms with van der Waals surface area (Å²) in [6, 6.07) is 17.9. The van der Waals surface area contributed by atoms with E-state index in [-0.39, 0.29) is 0 Å². The third kappa shape index (κ3) is 2.21. The molecule has 0 amide bonds. The zero-order chi connectivity index (χ0) is 11.4. The van der Waals surface area contributed by atoms with Crippen LogP contribution >= 0.6 is 0 Å². The first-order valence-electron chi connectivity index (χ1n) is 5.11. The van der Waals surface area contributed by atoms with E-state index in [2.05, 4.69) is 6.07 Å². The van der Waals surface area contributed by atoms with Crippen LogP contribution in [0, 0.1) is 11.3 Å². The average molecular weight is 208 g/mol. The lowest BCUT2D eigenvalue weighted by molar-refractivity contribution is 1.26. The Balaban J connectivity index is 2.28. The highest BCUT2D eigenvalue weighted by molar-refractivity contribution is 5.65. The Hall–Kier alpha value is -2.27. The van der Waals surface area contributed by atoms with E-state index < -0.39 is 0 Å². The molecule has 0 spiro atoms. The molecule has 0 saturated carbocycles. The van der Waals surface area contributed by atoms with Gasteiger partial charge in [0, 0.05) is 5.69 Å². The zero-order valence-corrected chi connectivity index (χ0v) is 8.85. The molecule has 0 aliphatic carbocycles. The highest BCUT2D eigenvalue weighted by atomic mass is 14.5. The summed E-state index contributed by atoms with van der Waals surface area (Å²) >= 11 is 0. The summed E-state index contributed by atoms with van der Waals surface area (Å²) in [7, 11) is 0. The van der Waals surface area contributed by atoms with Gasteiger partial charge in [0.15, 0.2) is 0 Å². The van der Waals surface area contributed by atoms with E-state index in [0.717, 1.165) is 22.4 Å². The number of hydrogen-bond acceptors (Lipinski definition) is 2. The maximum Gasteiger partial charge on any atom is 0.0669 e. The van der Waals surface area contributed by atoms with Crippen LogP contribution in [0.4, 0.5) is 5.69 Å². The predicted octanol–water partition coefficient (Wildman–Crippen LogP) is 3.00. The van der Waals surface area contributed by atoms with E-state index in [1.165, 1.54) is 0 Å². The first kappa shape index (κ1) is 10.3. The molecule has 78 valence electrons. The summed E-state index contributed by atoms with van der Waals surface area (Å²) in [5.74, 6) is 0. The van der Waals surface area contributed by atoms with Crippen LogP contribution in [0.5, 0.6) is 0 Å². The molecule has 0 radical (unpaired) electrons. The van der Waals surface area contributed by atoms with Crippen molar-refractivity contribution < 1.29 is 0 Å². The predicted molar refractivity (Wildman–Crippen MR) is 65.6 cm³/mol. The Bertz CT molecular complexity index is 504. The fraction of sp³-hybridized carbons (Fsp3) is 0.0714. The molecule has 0 aromatic heterocycles. The van der Waals surface area contributed by atoms with Gasteiger partial charge in [-0.3, -0.25) is 0 Å². The Labute approximate surface area is 95.0 Å². The molecule has 2 rings (SSSR count). The second kappa shape index (κ2) is 4.50. The van der Waals surface area contributed by atoms with Crippen molar-refractivity contribution in [1.29, 1.82) is 5.26 Å². The van der Waals surface area contributed by atoms with Crippen LogP contribution in [0.1, 0.15) is 5.56 Å². The SMILES string of the molecule is N#CCc1ccc(-c2ccc(N)cc2)cc1. The molecule has 2 nitrogen and oxygen atoms in total. The Morgan fingerprint density at radius 1 is 0.875 bits per heavy atom. The first-order chi connectivity index (χ1) is 7.79. The minimum atomic E-state index is 0.460. The van der Waals surface area contributed by atoms with Crippen LogP contribution in [0.3, 0.4) is 0 Å². The van der Waals surface area contributed by atoms with Crippen LogP contribution < -0.4 is 5.73 Å². The van der Waals surface area contributed by atoms with Gasteiger partial charge in [-0.25, -0.2) is 0 Å². The zero-order valence-electron chi connectivity index (χ0n) is 8.85. The molecule has 0 heterocycles. The van der Waals surface area contributed by atoms with Crippen molar-refractivity contribution in [1.82, 2.24) is 0 Å². The molecule has 0 unspecified atom stereocenters. The number of hydrogen-bond donors (Lipinski definition) is 1. The molecule has 2 aromatic carbocycles. The quantitative estimate of drug-likeness (QED) is 0.771. The van der Waals surface area contributed by atoms with Gasteiger partial charge in [0.05, 0.1) is 12.5 Å². The van der Waals surface area contributed by atoms with Crippen molar-refractivity contribution in [3.63, 3.8) is 0 Å². The van der Waals surface area contributed by atoms with E-state index in [1.807, 2.05) is 48.5 Å². The van der Waals surface area contributed by atoms with Gasteiger partial charge >= 0.3 is 0 Å². The smallest absolute Gasteiger partial charge is 0.0669 e. The number of benzene rings is 2. The lowest BCUT2D eigenvalue weighted by Crippen LogP contribution is -1.85. The summed E-state index contributed by atoms with van der Waals surface area (Å²) in [6.07, 6.45) is 0.460. The fourth-order valence-corrected chi connectivity index (χ4v) is 1.58. The summed E-state index contributed by atoms with van der Waals surface area (Å²) in [6.45, 7) is 0. The number of anilines is 1. The van der Waals surface area contributed by atoms with Gasteiger partial charge in [-0.15, -0.1) is 0 Å². The Kier molecular flexibility index (Phi) is 2.88. The maximum absolute atomic E-state index is 8.57. The molecular formula is C14H12N2. The minimum Gasteiger partial charge on any atom is -0.399 e. The van der Waals surface area contributed by atoms with E-state index in [1.54, 1.807) is 0 Å². The van der Waals surface area contributed by atoms with Gasteiger partial charge in [0.2, 0.25) is 0 Å². The second-order valence-electron chi connectivity index (χ2n) is 3.65. The molecule has 0 aliphatic rings. The molecule has 0 atom stereocenters. The number of nitriles is 1. The molecule has 0 saturated heterocycles. The van der Waals surface area contributed by atoms with Crippen LogP contribution in [-0.2, 0) is 6.42 Å². The molecule has 2 N–H and O–H groups in total. The summed E-state index contributed by atoms with van der Waals surface area (Å²) in [4.78, 5) is 0. The van der Waals surface area contributed by atoms with Crippen molar-refractivity contribution in [3.05, 3.63) is 54.1 Å². The monoisotopic (exact) mass is 208 g/mol. The summed E-state index contributed by atoms with van der Waals surface area (Å²) in [5.41, 5.74) is 9.72. The highest BCUT2D eigenvalue weighted by Crippen LogP contribution is 2.20. The third-order valence-electron chi connectivity index (χ3n) is 2.48. The summed E-state index contributed by atoms with van der Waals surface area (Å²) < 4.78 is 0. The number of nitrogens with two attached hydrogens (primary N) is 1. The molecular weight excluding hydrogens is 196 g/mol. The molecule has 0 bridgehead atoms. The van der Waals surface area contributed by atoms with Crippen LogP contribution in [0.25, 0.3) is 11.1 Å². The van der Waals surface area contributed by atoms with Gasteiger partial charge in [-0.05, 0) is 28.8 Å².